The van der Waals surface area contributed by atoms with Crippen molar-refractivity contribution in [1.82, 2.24) is 10.2 Å². The Balaban J connectivity index is 1.76. The average molecular weight is 292 g/mol. The lowest BCUT2D eigenvalue weighted by Crippen LogP contribution is -2.45. The number of hydrogen-bond acceptors (Lipinski definition) is 5. The van der Waals surface area contributed by atoms with Gasteiger partial charge in [0.25, 0.3) is 0 Å². The normalized spacial score (nSPS) is 19.5. The van der Waals surface area contributed by atoms with Crippen LogP contribution in [0.5, 0.6) is 0 Å². The lowest BCUT2D eigenvalue weighted by molar-refractivity contribution is -0.116. The van der Waals surface area contributed by atoms with E-state index in [1.165, 1.54) is 24.2 Å². The fraction of sp³-hybridized carbons (Fsp3) is 0.571. The number of piperidine rings is 1. The molecule has 6 heteroatoms. The number of rotatable bonds is 5. The second kappa shape index (κ2) is 7.39. The molecule has 0 saturated carbocycles. The number of hydrogen-bond donors (Lipinski definition) is 2. The molecule has 0 aromatic carbocycles. The van der Waals surface area contributed by atoms with Crippen LogP contribution in [0.15, 0.2) is 11.4 Å². The summed E-state index contributed by atoms with van der Waals surface area (Å²) in [7, 11) is 1.99. The molecule has 2 N–H and O–H groups in total. The lowest BCUT2D eigenvalue weighted by Gasteiger charge is -2.32. The van der Waals surface area contributed by atoms with E-state index >= 15 is 0 Å². The highest BCUT2D eigenvalue weighted by molar-refractivity contribution is 7.14. The van der Waals surface area contributed by atoms with Gasteiger partial charge in [-0.3, -0.25) is 4.79 Å². The third kappa shape index (κ3) is 4.04. The monoisotopic (exact) mass is 292 g/mol. The molecule has 1 saturated heterocycles. The Bertz CT molecular complexity index is 494. The predicted octanol–water partition coefficient (Wildman–Crippen LogP) is 1.63. The topological polar surface area (TPSA) is 68.2 Å². The third-order valence-corrected chi connectivity index (χ3v) is 4.44. The maximum atomic E-state index is 11.9. The van der Waals surface area contributed by atoms with Crippen molar-refractivity contribution in [3.8, 4) is 6.07 Å². The second-order valence-electron chi connectivity index (χ2n) is 5.00. The Morgan fingerprint density at radius 3 is 3.25 bits per heavy atom. The van der Waals surface area contributed by atoms with E-state index in [0.29, 0.717) is 23.0 Å². The van der Waals surface area contributed by atoms with Crippen LogP contribution < -0.4 is 10.6 Å². The quantitative estimate of drug-likeness (QED) is 0.865. The molecule has 1 amide bonds. The molecule has 0 spiro atoms. The van der Waals surface area contributed by atoms with E-state index < -0.39 is 0 Å². The lowest BCUT2D eigenvalue weighted by atomic mass is 10.1. The molecule has 108 valence electrons. The van der Waals surface area contributed by atoms with E-state index in [-0.39, 0.29) is 5.91 Å². The smallest absolute Gasteiger partial charge is 0.226 e. The number of likely N-dealkylation sites (N-methyl/N-ethyl adjacent to an activating group) is 1. The first-order valence-corrected chi connectivity index (χ1v) is 7.78. The summed E-state index contributed by atoms with van der Waals surface area (Å²) < 4.78 is 0. The van der Waals surface area contributed by atoms with Crippen LogP contribution in [0.2, 0.25) is 0 Å². The van der Waals surface area contributed by atoms with E-state index in [4.69, 9.17) is 5.26 Å². The molecular weight excluding hydrogens is 272 g/mol. The summed E-state index contributed by atoms with van der Waals surface area (Å²) in [5.41, 5.74) is 0.538. The van der Waals surface area contributed by atoms with Gasteiger partial charge in [0.1, 0.15) is 11.1 Å². The zero-order valence-corrected chi connectivity index (χ0v) is 12.5. The molecule has 0 aliphatic carbocycles. The van der Waals surface area contributed by atoms with Crippen LogP contribution in [0.25, 0.3) is 0 Å². The van der Waals surface area contributed by atoms with E-state index in [1.807, 2.05) is 12.4 Å². The molecule has 1 aromatic heterocycles. The molecule has 1 aliphatic heterocycles. The van der Waals surface area contributed by atoms with Crippen molar-refractivity contribution in [2.75, 3.05) is 32.0 Å². The van der Waals surface area contributed by atoms with Crippen molar-refractivity contribution in [3.05, 3.63) is 17.0 Å². The standard InChI is InChI=1S/C14H20N4OS/c1-16-12-3-2-6-18(10-12)7-4-13(19)17-14-11(9-15)5-8-20-14/h5,8,12,16H,2-4,6-7,10H2,1H3,(H,17,19). The molecule has 5 nitrogen and oxygen atoms in total. The van der Waals surface area contributed by atoms with E-state index in [9.17, 15) is 4.79 Å². The van der Waals surface area contributed by atoms with Crippen molar-refractivity contribution in [3.63, 3.8) is 0 Å². The summed E-state index contributed by atoms with van der Waals surface area (Å²) in [5, 5.41) is 17.5. The van der Waals surface area contributed by atoms with Gasteiger partial charge in [0, 0.05) is 25.6 Å². The number of nitrogens with zero attached hydrogens (tertiary/aromatic N) is 2. The number of nitriles is 1. The van der Waals surface area contributed by atoms with Gasteiger partial charge in [-0.25, -0.2) is 0 Å². The number of nitrogens with one attached hydrogen (secondary N) is 2. The minimum absolute atomic E-state index is 0.0180. The highest BCUT2D eigenvalue weighted by atomic mass is 32.1. The van der Waals surface area contributed by atoms with E-state index in [2.05, 4.69) is 21.6 Å². The third-order valence-electron chi connectivity index (χ3n) is 3.61. The number of thiophene rings is 1. The van der Waals surface area contributed by atoms with Gasteiger partial charge in [-0.05, 0) is 37.9 Å². The first kappa shape index (κ1) is 15.0. The van der Waals surface area contributed by atoms with Crippen molar-refractivity contribution < 1.29 is 4.79 Å². The average Bonchev–Trinajstić information content (AvgIpc) is 2.92. The second-order valence-corrected chi connectivity index (χ2v) is 5.92. The first-order chi connectivity index (χ1) is 9.72. The molecule has 0 radical (unpaired) electrons. The molecule has 1 unspecified atom stereocenters. The van der Waals surface area contributed by atoms with Crippen LogP contribution in [0.1, 0.15) is 24.8 Å². The maximum Gasteiger partial charge on any atom is 0.226 e. The number of carbonyl (C=O) groups is 1. The number of likely N-dealkylation sites (tertiary alicyclic amines) is 1. The van der Waals surface area contributed by atoms with Crippen molar-refractivity contribution >= 4 is 22.2 Å². The SMILES string of the molecule is CNC1CCCN(CCC(=O)Nc2sccc2C#N)C1. The van der Waals surface area contributed by atoms with Gasteiger partial charge in [-0.1, -0.05) is 0 Å². The number of amides is 1. The van der Waals surface area contributed by atoms with Crippen molar-refractivity contribution in [2.24, 2.45) is 0 Å². The zero-order valence-electron chi connectivity index (χ0n) is 11.7. The molecule has 1 atom stereocenters. The van der Waals surface area contributed by atoms with Gasteiger partial charge >= 0.3 is 0 Å². The van der Waals surface area contributed by atoms with Crippen molar-refractivity contribution in [1.29, 1.82) is 5.26 Å². The molecule has 2 rings (SSSR count). The highest BCUT2D eigenvalue weighted by Gasteiger charge is 2.19. The van der Waals surface area contributed by atoms with Crippen LogP contribution in [-0.4, -0.2) is 43.5 Å². The Morgan fingerprint density at radius 1 is 1.65 bits per heavy atom. The Kier molecular flexibility index (Phi) is 5.53. The van der Waals surface area contributed by atoms with Gasteiger partial charge < -0.3 is 15.5 Å². The fourth-order valence-corrected chi connectivity index (χ4v) is 3.19. The summed E-state index contributed by atoms with van der Waals surface area (Å²) in [5.74, 6) is -0.0180. The Hall–Kier alpha value is -1.42. The van der Waals surface area contributed by atoms with E-state index in [0.717, 1.165) is 19.6 Å². The number of carbonyl (C=O) groups excluding carboxylic acids is 1. The van der Waals surface area contributed by atoms with Gasteiger partial charge in [-0.2, -0.15) is 5.26 Å². The zero-order chi connectivity index (χ0) is 14.4. The molecule has 0 bridgehead atoms. The molecule has 1 fully saturated rings. The molecule has 1 aromatic rings. The first-order valence-electron chi connectivity index (χ1n) is 6.90. The Labute approximate surface area is 123 Å². The van der Waals surface area contributed by atoms with E-state index in [1.54, 1.807) is 6.07 Å². The highest BCUT2D eigenvalue weighted by Crippen LogP contribution is 2.22. The van der Waals surface area contributed by atoms with Gasteiger partial charge in [0.05, 0.1) is 5.56 Å². The van der Waals surface area contributed by atoms with Crippen LogP contribution in [0.3, 0.4) is 0 Å². The molecule has 1 aliphatic rings. The van der Waals surface area contributed by atoms with Crippen molar-refractivity contribution in [2.45, 2.75) is 25.3 Å². The summed E-state index contributed by atoms with van der Waals surface area (Å²) in [4.78, 5) is 14.2. The molecule has 20 heavy (non-hydrogen) atoms. The minimum atomic E-state index is -0.0180. The van der Waals surface area contributed by atoms with Crippen LogP contribution in [-0.2, 0) is 4.79 Å². The van der Waals surface area contributed by atoms with Gasteiger partial charge in [0.15, 0.2) is 0 Å². The summed E-state index contributed by atoms with van der Waals surface area (Å²) in [6.45, 7) is 2.84. The molecule has 2 heterocycles. The van der Waals surface area contributed by atoms with Gasteiger partial charge in [-0.15, -0.1) is 11.3 Å². The summed E-state index contributed by atoms with van der Waals surface area (Å²) in [6.07, 6.45) is 2.86. The summed E-state index contributed by atoms with van der Waals surface area (Å²) >= 11 is 1.39. The number of anilines is 1. The Morgan fingerprint density at radius 2 is 2.50 bits per heavy atom. The minimum Gasteiger partial charge on any atom is -0.317 e. The summed E-state index contributed by atoms with van der Waals surface area (Å²) in [6, 6.07) is 4.34. The van der Waals surface area contributed by atoms with Crippen LogP contribution >= 0.6 is 11.3 Å². The largest absolute Gasteiger partial charge is 0.317 e. The molecular formula is C14H20N4OS. The van der Waals surface area contributed by atoms with Crippen LogP contribution in [0.4, 0.5) is 5.00 Å². The fourth-order valence-electron chi connectivity index (χ4n) is 2.44. The maximum absolute atomic E-state index is 11.9. The van der Waals surface area contributed by atoms with Gasteiger partial charge in [0.2, 0.25) is 5.91 Å². The van der Waals surface area contributed by atoms with Crippen LogP contribution in [0, 0.1) is 11.3 Å². The predicted molar refractivity (Wildman–Crippen MR) is 80.8 cm³/mol.